The van der Waals surface area contributed by atoms with Gasteiger partial charge in [-0.15, -0.1) is 0 Å². The molecule has 0 saturated heterocycles. The number of benzene rings is 1. The number of rotatable bonds is 8. The van der Waals surface area contributed by atoms with E-state index >= 15 is 0 Å². The van der Waals surface area contributed by atoms with Gasteiger partial charge in [0.1, 0.15) is 12.4 Å². The molecule has 0 saturated carbocycles. The number of nitrogens with one attached hydrogen (secondary N) is 1. The molecule has 0 heterocycles. The van der Waals surface area contributed by atoms with E-state index in [9.17, 15) is 5.11 Å². The number of methoxy groups -OCH3 is 1. The van der Waals surface area contributed by atoms with E-state index in [1.54, 1.807) is 20.1 Å². The highest BCUT2D eigenvalue weighted by Crippen LogP contribution is 2.28. The van der Waals surface area contributed by atoms with Crippen LogP contribution in [-0.2, 0) is 11.3 Å². The first-order valence-electron chi connectivity index (χ1n) is 5.93. The summed E-state index contributed by atoms with van der Waals surface area (Å²) in [6.45, 7) is 3.98. The van der Waals surface area contributed by atoms with Crippen molar-refractivity contribution < 1.29 is 14.6 Å². The topological polar surface area (TPSA) is 50.7 Å². The van der Waals surface area contributed by atoms with Gasteiger partial charge in [0.2, 0.25) is 0 Å². The number of hydrogen-bond donors (Lipinski definition) is 2. The van der Waals surface area contributed by atoms with Crippen molar-refractivity contribution in [1.29, 1.82) is 0 Å². The predicted molar refractivity (Wildman–Crippen MR) is 72.2 cm³/mol. The Kier molecular flexibility index (Phi) is 7.05. The molecule has 0 amide bonds. The molecule has 0 fully saturated rings. The Bertz CT molecular complexity index is 358. The van der Waals surface area contributed by atoms with Crippen LogP contribution in [0.3, 0.4) is 0 Å². The zero-order chi connectivity index (χ0) is 13.4. The van der Waals surface area contributed by atoms with E-state index in [-0.39, 0.29) is 6.61 Å². The Hall–Kier alpha value is -0.810. The van der Waals surface area contributed by atoms with Gasteiger partial charge in [-0.3, -0.25) is 0 Å². The molecular formula is C13H20ClNO3. The molecule has 0 aliphatic carbocycles. The predicted octanol–water partition coefficient (Wildman–Crippen LogP) is 1.84. The highest BCUT2D eigenvalue weighted by atomic mass is 35.5. The minimum absolute atomic E-state index is 0.231. The van der Waals surface area contributed by atoms with E-state index in [4.69, 9.17) is 21.1 Å². The van der Waals surface area contributed by atoms with Gasteiger partial charge in [-0.25, -0.2) is 0 Å². The summed E-state index contributed by atoms with van der Waals surface area (Å²) in [6.07, 6.45) is -0.518. The summed E-state index contributed by atoms with van der Waals surface area (Å²) < 4.78 is 10.5. The van der Waals surface area contributed by atoms with Crippen LogP contribution < -0.4 is 10.1 Å². The van der Waals surface area contributed by atoms with Gasteiger partial charge in [0.15, 0.2) is 0 Å². The fourth-order valence-corrected chi connectivity index (χ4v) is 1.70. The quantitative estimate of drug-likeness (QED) is 0.710. The summed E-state index contributed by atoms with van der Waals surface area (Å²) in [4.78, 5) is 0. The van der Waals surface area contributed by atoms with Gasteiger partial charge in [0.05, 0.1) is 17.7 Å². The van der Waals surface area contributed by atoms with Crippen molar-refractivity contribution in [2.24, 2.45) is 0 Å². The molecule has 0 radical (unpaired) electrons. The van der Waals surface area contributed by atoms with Crippen molar-refractivity contribution in [3.63, 3.8) is 0 Å². The van der Waals surface area contributed by atoms with Crippen molar-refractivity contribution >= 4 is 11.6 Å². The molecule has 2 N–H and O–H groups in total. The lowest BCUT2D eigenvalue weighted by atomic mass is 10.2. The lowest BCUT2D eigenvalue weighted by molar-refractivity contribution is 0.122. The number of halogens is 1. The summed E-state index contributed by atoms with van der Waals surface area (Å²) in [5, 5.41) is 13.0. The Morgan fingerprint density at radius 2 is 2.22 bits per heavy atom. The van der Waals surface area contributed by atoms with Crippen molar-refractivity contribution in [3.8, 4) is 5.75 Å². The molecule has 5 heteroatoms. The Morgan fingerprint density at radius 1 is 1.44 bits per heavy atom. The highest BCUT2D eigenvalue weighted by molar-refractivity contribution is 6.32. The normalized spacial score (nSPS) is 12.4. The average Bonchev–Trinajstić information content (AvgIpc) is 2.33. The second-order valence-electron chi connectivity index (χ2n) is 4.06. The van der Waals surface area contributed by atoms with Crippen LogP contribution in [0.1, 0.15) is 12.5 Å². The van der Waals surface area contributed by atoms with Gasteiger partial charge >= 0.3 is 0 Å². The number of aliphatic hydroxyl groups excluding tert-OH is 1. The van der Waals surface area contributed by atoms with Crippen LogP contribution in [0.5, 0.6) is 5.75 Å². The molecule has 1 atom stereocenters. The zero-order valence-electron chi connectivity index (χ0n) is 10.8. The van der Waals surface area contributed by atoms with E-state index in [2.05, 4.69) is 5.32 Å². The Morgan fingerprint density at radius 3 is 2.89 bits per heavy atom. The standard InChI is InChI=1S/C13H20ClNO3/c1-10(16)9-18-13-11(4-3-5-12(13)14)8-15-6-7-17-2/h3-5,10,15-16H,6-9H2,1-2H3. The van der Waals surface area contributed by atoms with Crippen LogP contribution in [0.25, 0.3) is 0 Å². The molecular weight excluding hydrogens is 254 g/mol. The van der Waals surface area contributed by atoms with E-state index in [1.165, 1.54) is 0 Å². The third-order valence-electron chi connectivity index (χ3n) is 2.32. The van der Waals surface area contributed by atoms with Crippen LogP contribution in [0.4, 0.5) is 0 Å². The van der Waals surface area contributed by atoms with Gasteiger partial charge in [-0.05, 0) is 13.0 Å². The molecule has 102 valence electrons. The zero-order valence-corrected chi connectivity index (χ0v) is 11.5. The lowest BCUT2D eigenvalue weighted by Crippen LogP contribution is -2.20. The molecule has 1 rings (SSSR count). The van der Waals surface area contributed by atoms with Gasteiger partial charge in [0, 0.05) is 25.8 Å². The van der Waals surface area contributed by atoms with Gasteiger partial charge < -0.3 is 19.9 Å². The summed E-state index contributed by atoms with van der Waals surface area (Å²) in [5.41, 5.74) is 0.972. The fourth-order valence-electron chi connectivity index (χ4n) is 1.46. The van der Waals surface area contributed by atoms with Crippen molar-refractivity contribution in [2.45, 2.75) is 19.6 Å². The number of hydrogen-bond acceptors (Lipinski definition) is 4. The number of para-hydroxylation sites is 1. The summed E-state index contributed by atoms with van der Waals surface area (Å²) >= 11 is 6.09. The minimum Gasteiger partial charge on any atom is -0.489 e. The maximum atomic E-state index is 9.24. The third-order valence-corrected chi connectivity index (χ3v) is 2.61. The van der Waals surface area contributed by atoms with Crippen LogP contribution in [-0.4, -0.2) is 38.1 Å². The minimum atomic E-state index is -0.518. The molecule has 1 aromatic rings. The van der Waals surface area contributed by atoms with Crippen molar-refractivity contribution in [3.05, 3.63) is 28.8 Å². The van der Waals surface area contributed by atoms with Gasteiger partial charge in [-0.2, -0.15) is 0 Å². The monoisotopic (exact) mass is 273 g/mol. The fraction of sp³-hybridized carbons (Fsp3) is 0.538. The average molecular weight is 274 g/mol. The van der Waals surface area contributed by atoms with Crippen molar-refractivity contribution in [1.82, 2.24) is 5.32 Å². The van der Waals surface area contributed by atoms with Crippen LogP contribution in [0, 0.1) is 0 Å². The number of ether oxygens (including phenoxy) is 2. The number of aliphatic hydroxyl groups is 1. The molecule has 0 aliphatic rings. The molecule has 1 aromatic carbocycles. The Labute approximate surface area is 113 Å². The molecule has 0 aliphatic heterocycles. The second kappa shape index (κ2) is 8.32. The third kappa shape index (κ3) is 5.23. The maximum Gasteiger partial charge on any atom is 0.142 e. The second-order valence-corrected chi connectivity index (χ2v) is 4.46. The molecule has 0 spiro atoms. The van der Waals surface area contributed by atoms with E-state index in [1.807, 2.05) is 12.1 Å². The van der Waals surface area contributed by atoms with E-state index in [0.29, 0.717) is 23.9 Å². The largest absolute Gasteiger partial charge is 0.489 e. The van der Waals surface area contributed by atoms with Crippen LogP contribution >= 0.6 is 11.6 Å². The molecule has 0 bridgehead atoms. The Balaban J connectivity index is 2.61. The first-order chi connectivity index (χ1) is 8.65. The molecule has 0 aromatic heterocycles. The summed E-state index contributed by atoms with van der Waals surface area (Å²) in [6, 6.07) is 5.60. The van der Waals surface area contributed by atoms with E-state index < -0.39 is 6.10 Å². The van der Waals surface area contributed by atoms with Crippen molar-refractivity contribution in [2.75, 3.05) is 26.9 Å². The van der Waals surface area contributed by atoms with E-state index in [0.717, 1.165) is 12.1 Å². The van der Waals surface area contributed by atoms with Crippen LogP contribution in [0.15, 0.2) is 18.2 Å². The first kappa shape index (κ1) is 15.2. The summed E-state index contributed by atoms with van der Waals surface area (Å²) in [7, 11) is 1.66. The van der Waals surface area contributed by atoms with Crippen LogP contribution in [0.2, 0.25) is 5.02 Å². The smallest absolute Gasteiger partial charge is 0.142 e. The SMILES string of the molecule is COCCNCc1cccc(Cl)c1OCC(C)O. The summed E-state index contributed by atoms with van der Waals surface area (Å²) in [5.74, 6) is 0.630. The maximum absolute atomic E-state index is 9.24. The molecule has 18 heavy (non-hydrogen) atoms. The lowest BCUT2D eigenvalue weighted by Gasteiger charge is -2.14. The first-order valence-corrected chi connectivity index (χ1v) is 6.31. The van der Waals surface area contributed by atoms with Gasteiger partial charge in [-0.1, -0.05) is 23.7 Å². The van der Waals surface area contributed by atoms with Gasteiger partial charge in [0.25, 0.3) is 0 Å². The highest BCUT2D eigenvalue weighted by Gasteiger charge is 2.09. The molecule has 4 nitrogen and oxygen atoms in total. The molecule has 1 unspecified atom stereocenters.